The number of benzene rings is 1. The summed E-state index contributed by atoms with van der Waals surface area (Å²) in [6, 6.07) is 2.23. The molecule has 0 aliphatic rings. The molecule has 1 rings (SSSR count). The molecular formula is C8H10BNO5. The number of hydrogen-bond donors (Lipinski definition) is 4. The van der Waals surface area contributed by atoms with Crippen LogP contribution in [0.3, 0.4) is 0 Å². The lowest BCUT2D eigenvalue weighted by molar-refractivity contribution is 0.0600. The van der Waals surface area contributed by atoms with Gasteiger partial charge in [-0.25, -0.2) is 4.79 Å². The van der Waals surface area contributed by atoms with Gasteiger partial charge in [0.25, 0.3) is 0 Å². The van der Waals surface area contributed by atoms with E-state index < -0.39 is 18.8 Å². The van der Waals surface area contributed by atoms with Crippen LogP contribution >= 0.6 is 0 Å². The molecular weight excluding hydrogens is 201 g/mol. The summed E-state index contributed by atoms with van der Waals surface area (Å²) >= 11 is 0. The lowest BCUT2D eigenvalue weighted by Gasteiger charge is -2.08. The van der Waals surface area contributed by atoms with E-state index in [0.29, 0.717) is 0 Å². The second-order valence-corrected chi connectivity index (χ2v) is 2.86. The first-order valence-electron chi connectivity index (χ1n) is 4.04. The summed E-state index contributed by atoms with van der Waals surface area (Å²) in [6.45, 7) is 0. The molecule has 0 unspecified atom stereocenters. The highest BCUT2D eigenvalue weighted by Crippen LogP contribution is 2.19. The first-order chi connectivity index (χ1) is 6.97. The van der Waals surface area contributed by atoms with Crippen LogP contribution in [0.25, 0.3) is 0 Å². The summed E-state index contributed by atoms with van der Waals surface area (Å²) < 4.78 is 4.41. The Hall–Kier alpha value is -1.73. The number of carbonyl (C=O) groups is 1. The molecule has 0 amide bonds. The SMILES string of the molecule is COC(=O)c1cc(O)c(N)c(B(O)O)c1. The smallest absolute Gasteiger partial charge is 0.490 e. The van der Waals surface area contributed by atoms with E-state index in [1.807, 2.05) is 0 Å². The number of nitrogen functional groups attached to an aromatic ring is 1. The van der Waals surface area contributed by atoms with Crippen molar-refractivity contribution in [3.05, 3.63) is 17.7 Å². The largest absolute Gasteiger partial charge is 0.506 e. The molecule has 0 bridgehead atoms. The molecule has 0 saturated carbocycles. The first kappa shape index (κ1) is 11.4. The zero-order chi connectivity index (χ0) is 11.6. The molecule has 0 aliphatic carbocycles. The van der Waals surface area contributed by atoms with E-state index in [-0.39, 0.29) is 16.7 Å². The molecule has 80 valence electrons. The van der Waals surface area contributed by atoms with Gasteiger partial charge in [-0.2, -0.15) is 0 Å². The summed E-state index contributed by atoms with van der Waals surface area (Å²) in [5, 5.41) is 27.2. The van der Waals surface area contributed by atoms with Crippen LogP contribution in [-0.4, -0.2) is 35.4 Å². The minimum Gasteiger partial charge on any atom is -0.506 e. The first-order valence-corrected chi connectivity index (χ1v) is 4.04. The third-order valence-electron chi connectivity index (χ3n) is 1.89. The van der Waals surface area contributed by atoms with Crippen molar-refractivity contribution in [3.8, 4) is 5.75 Å². The predicted molar refractivity (Wildman–Crippen MR) is 53.7 cm³/mol. The average Bonchev–Trinajstić information content (AvgIpc) is 2.20. The van der Waals surface area contributed by atoms with Gasteiger partial charge < -0.3 is 25.6 Å². The number of nitrogens with two attached hydrogens (primary N) is 1. The fourth-order valence-corrected chi connectivity index (χ4v) is 1.11. The van der Waals surface area contributed by atoms with Gasteiger partial charge in [0, 0.05) is 5.46 Å². The molecule has 0 atom stereocenters. The van der Waals surface area contributed by atoms with Crippen LogP contribution in [0, 0.1) is 0 Å². The Bertz CT molecular complexity index is 393. The van der Waals surface area contributed by atoms with E-state index >= 15 is 0 Å². The van der Waals surface area contributed by atoms with Crippen LogP contribution in [0.15, 0.2) is 12.1 Å². The van der Waals surface area contributed by atoms with Gasteiger partial charge >= 0.3 is 13.1 Å². The molecule has 0 aromatic heterocycles. The number of carbonyl (C=O) groups excluding carboxylic acids is 1. The Balaban J connectivity index is 3.29. The van der Waals surface area contributed by atoms with Crippen molar-refractivity contribution in [1.29, 1.82) is 0 Å². The minimum atomic E-state index is -1.86. The minimum absolute atomic E-state index is 0.00713. The molecule has 0 aliphatic heterocycles. The predicted octanol–water partition coefficient (Wildman–Crippen LogP) is -1.56. The molecule has 5 N–H and O–H groups in total. The molecule has 1 aromatic carbocycles. The number of phenolic OH excluding ortho intramolecular Hbond substituents is 1. The third-order valence-corrected chi connectivity index (χ3v) is 1.89. The van der Waals surface area contributed by atoms with Crippen molar-refractivity contribution < 1.29 is 24.7 Å². The standard InChI is InChI=1S/C8H10BNO5/c1-15-8(12)4-2-5(9(13)14)7(10)6(11)3-4/h2-3,11,13-14H,10H2,1H3. The highest BCUT2D eigenvalue weighted by atomic mass is 16.5. The number of esters is 1. The molecule has 0 saturated heterocycles. The van der Waals surface area contributed by atoms with E-state index in [4.69, 9.17) is 15.8 Å². The van der Waals surface area contributed by atoms with E-state index in [2.05, 4.69) is 4.74 Å². The number of rotatable bonds is 2. The lowest BCUT2D eigenvalue weighted by atomic mass is 9.78. The van der Waals surface area contributed by atoms with E-state index in [0.717, 1.165) is 12.1 Å². The number of methoxy groups -OCH3 is 1. The average molecular weight is 211 g/mol. The molecule has 0 heterocycles. The van der Waals surface area contributed by atoms with Gasteiger partial charge in [-0.05, 0) is 12.1 Å². The quantitative estimate of drug-likeness (QED) is 0.203. The van der Waals surface area contributed by atoms with Crippen LogP contribution in [0.4, 0.5) is 5.69 Å². The molecule has 7 heteroatoms. The summed E-state index contributed by atoms with van der Waals surface area (Å²) in [4.78, 5) is 11.1. The summed E-state index contributed by atoms with van der Waals surface area (Å²) in [6.07, 6.45) is 0. The lowest BCUT2D eigenvalue weighted by Crippen LogP contribution is -2.33. The van der Waals surface area contributed by atoms with Crippen molar-refractivity contribution in [2.24, 2.45) is 0 Å². The Morgan fingerprint density at radius 2 is 2.07 bits per heavy atom. The molecule has 0 spiro atoms. The molecule has 6 nitrogen and oxygen atoms in total. The molecule has 0 radical (unpaired) electrons. The van der Waals surface area contributed by atoms with Crippen LogP contribution in [0.5, 0.6) is 5.75 Å². The maximum absolute atomic E-state index is 11.1. The topological polar surface area (TPSA) is 113 Å². The van der Waals surface area contributed by atoms with Crippen LogP contribution in [0.2, 0.25) is 0 Å². The van der Waals surface area contributed by atoms with Gasteiger partial charge in [-0.15, -0.1) is 0 Å². The summed E-state index contributed by atoms with van der Waals surface area (Å²) in [7, 11) is -0.689. The third kappa shape index (κ3) is 2.20. The molecule has 0 fully saturated rings. The van der Waals surface area contributed by atoms with Gasteiger partial charge in [0.1, 0.15) is 5.75 Å². The number of anilines is 1. The van der Waals surface area contributed by atoms with Crippen LogP contribution in [0.1, 0.15) is 10.4 Å². The van der Waals surface area contributed by atoms with Gasteiger partial charge in [0.15, 0.2) is 0 Å². The van der Waals surface area contributed by atoms with E-state index in [9.17, 15) is 9.90 Å². The van der Waals surface area contributed by atoms with Crippen molar-refractivity contribution in [1.82, 2.24) is 0 Å². The van der Waals surface area contributed by atoms with Crippen molar-refractivity contribution >= 4 is 24.2 Å². The zero-order valence-corrected chi connectivity index (χ0v) is 7.97. The second kappa shape index (κ2) is 4.20. The fourth-order valence-electron chi connectivity index (χ4n) is 1.11. The van der Waals surface area contributed by atoms with Gasteiger partial charge in [0.05, 0.1) is 18.4 Å². The Labute approximate surface area is 86.1 Å². The van der Waals surface area contributed by atoms with Gasteiger partial charge in [0.2, 0.25) is 0 Å². The number of ether oxygens (including phenoxy) is 1. The van der Waals surface area contributed by atoms with Crippen molar-refractivity contribution in [2.45, 2.75) is 0 Å². The number of aromatic hydroxyl groups is 1. The van der Waals surface area contributed by atoms with E-state index in [1.165, 1.54) is 7.11 Å². The monoisotopic (exact) mass is 211 g/mol. The summed E-state index contributed by atoms with van der Waals surface area (Å²) in [5.41, 5.74) is 5.04. The highest BCUT2D eigenvalue weighted by Gasteiger charge is 2.20. The van der Waals surface area contributed by atoms with Crippen molar-refractivity contribution in [2.75, 3.05) is 12.8 Å². The van der Waals surface area contributed by atoms with Crippen LogP contribution < -0.4 is 11.2 Å². The Morgan fingerprint density at radius 1 is 1.47 bits per heavy atom. The fraction of sp³-hybridized carbons (Fsp3) is 0.125. The number of hydrogen-bond acceptors (Lipinski definition) is 6. The Kier molecular flexibility index (Phi) is 3.18. The maximum atomic E-state index is 11.1. The molecule has 1 aromatic rings. The van der Waals surface area contributed by atoms with Crippen molar-refractivity contribution in [3.63, 3.8) is 0 Å². The number of phenols is 1. The maximum Gasteiger partial charge on any atom is 0.490 e. The second-order valence-electron chi connectivity index (χ2n) is 2.86. The Morgan fingerprint density at radius 3 is 2.53 bits per heavy atom. The zero-order valence-electron chi connectivity index (χ0n) is 7.97. The van der Waals surface area contributed by atoms with Gasteiger partial charge in [-0.1, -0.05) is 0 Å². The summed E-state index contributed by atoms with van der Waals surface area (Å²) in [5.74, 6) is -1.10. The van der Waals surface area contributed by atoms with E-state index in [1.54, 1.807) is 0 Å². The van der Waals surface area contributed by atoms with Gasteiger partial charge in [-0.3, -0.25) is 0 Å². The normalized spacial score (nSPS) is 9.80. The highest BCUT2D eigenvalue weighted by molar-refractivity contribution is 6.60. The van der Waals surface area contributed by atoms with Crippen LogP contribution in [-0.2, 0) is 4.74 Å². The molecule has 15 heavy (non-hydrogen) atoms.